The van der Waals surface area contributed by atoms with Crippen LogP contribution in [0.1, 0.15) is 32.1 Å². The molecule has 0 amide bonds. The first-order valence-electron chi connectivity index (χ1n) is 4.74. The van der Waals surface area contributed by atoms with Crippen molar-refractivity contribution in [1.29, 1.82) is 0 Å². The van der Waals surface area contributed by atoms with E-state index >= 15 is 0 Å². The van der Waals surface area contributed by atoms with Crippen molar-refractivity contribution in [3.63, 3.8) is 0 Å². The molecule has 1 aliphatic carbocycles. The van der Waals surface area contributed by atoms with Crippen molar-refractivity contribution in [3.05, 3.63) is 0 Å². The molecule has 2 nitrogen and oxygen atoms in total. The molecule has 3 heteroatoms. The molecule has 0 saturated heterocycles. The summed E-state index contributed by atoms with van der Waals surface area (Å²) in [6, 6.07) is 0. The molecule has 0 heterocycles. The van der Waals surface area contributed by atoms with Gasteiger partial charge in [-0.05, 0) is 32.1 Å². The number of hydrogen-bond donors (Lipinski definition) is 1. The second kappa shape index (κ2) is 3.93. The van der Waals surface area contributed by atoms with Crippen LogP contribution in [0.25, 0.3) is 0 Å². The molecule has 0 aromatic heterocycles. The van der Waals surface area contributed by atoms with Crippen LogP contribution >= 0.6 is 7.14 Å². The van der Waals surface area contributed by atoms with Gasteiger partial charge in [-0.15, -0.1) is 0 Å². The van der Waals surface area contributed by atoms with E-state index in [9.17, 15) is 9.67 Å². The lowest BCUT2D eigenvalue weighted by Gasteiger charge is -2.28. The van der Waals surface area contributed by atoms with Gasteiger partial charge in [0, 0.05) is 0 Å². The Morgan fingerprint density at radius 2 is 1.75 bits per heavy atom. The minimum Gasteiger partial charge on any atom is -0.385 e. The number of rotatable bonds is 2. The maximum absolute atomic E-state index is 11.6. The van der Waals surface area contributed by atoms with Crippen molar-refractivity contribution in [1.82, 2.24) is 0 Å². The lowest BCUT2D eigenvalue weighted by Crippen LogP contribution is -2.22. The molecule has 12 heavy (non-hydrogen) atoms. The van der Waals surface area contributed by atoms with Crippen molar-refractivity contribution in [3.8, 4) is 0 Å². The molecule has 1 unspecified atom stereocenters. The predicted octanol–water partition coefficient (Wildman–Crippen LogP) is 2.51. The lowest BCUT2D eigenvalue weighted by molar-refractivity contribution is 0.149. The first-order valence-corrected chi connectivity index (χ1v) is 7.41. The fourth-order valence-corrected chi connectivity index (χ4v) is 3.25. The molecule has 1 atom stereocenters. The topological polar surface area (TPSA) is 37.3 Å². The Morgan fingerprint density at radius 3 is 2.17 bits per heavy atom. The van der Waals surface area contributed by atoms with E-state index in [1.165, 1.54) is 19.3 Å². The summed E-state index contributed by atoms with van der Waals surface area (Å²) < 4.78 is 11.6. The van der Waals surface area contributed by atoms with E-state index < -0.39 is 13.0 Å². The summed E-state index contributed by atoms with van der Waals surface area (Å²) in [5, 5.41) is 9.75. The van der Waals surface area contributed by atoms with E-state index in [0.29, 0.717) is 5.92 Å². The minimum absolute atomic E-state index is 0.305. The quantitative estimate of drug-likeness (QED) is 0.679. The third-order valence-corrected chi connectivity index (χ3v) is 4.40. The predicted molar refractivity (Wildman–Crippen MR) is 52.0 cm³/mol. The van der Waals surface area contributed by atoms with Gasteiger partial charge in [-0.3, -0.25) is 0 Å². The Labute approximate surface area is 74.7 Å². The third kappa shape index (κ3) is 2.60. The number of aliphatic hydroxyl groups excluding tert-OH is 1. The van der Waals surface area contributed by atoms with E-state index in [0.717, 1.165) is 12.8 Å². The standard InChI is InChI=1S/C9H19O2P/c1-12(2,11)9(10)8-6-4-3-5-7-8/h8-10H,3-7H2,1-2H3. The highest BCUT2D eigenvalue weighted by atomic mass is 31.2. The third-order valence-electron chi connectivity index (χ3n) is 2.71. The molecule has 0 aromatic rings. The van der Waals surface area contributed by atoms with Gasteiger partial charge in [-0.2, -0.15) is 0 Å². The first kappa shape index (κ1) is 10.3. The maximum Gasteiger partial charge on any atom is 0.109 e. The zero-order valence-corrected chi connectivity index (χ0v) is 8.89. The van der Waals surface area contributed by atoms with Gasteiger partial charge in [0.15, 0.2) is 0 Å². The number of hydrogen-bond acceptors (Lipinski definition) is 2. The Hall–Kier alpha value is 0.190. The molecule has 0 bridgehead atoms. The Bertz CT molecular complexity index is 179. The van der Waals surface area contributed by atoms with E-state index in [-0.39, 0.29) is 0 Å². The average molecular weight is 190 g/mol. The van der Waals surface area contributed by atoms with Gasteiger partial charge >= 0.3 is 0 Å². The molecule has 0 spiro atoms. The van der Waals surface area contributed by atoms with Gasteiger partial charge in [-0.25, -0.2) is 0 Å². The highest BCUT2D eigenvalue weighted by Crippen LogP contribution is 2.47. The molecule has 1 fully saturated rings. The monoisotopic (exact) mass is 190 g/mol. The van der Waals surface area contributed by atoms with Crippen molar-refractivity contribution < 1.29 is 9.67 Å². The van der Waals surface area contributed by atoms with E-state index in [4.69, 9.17) is 0 Å². The van der Waals surface area contributed by atoms with Crippen molar-refractivity contribution in [2.24, 2.45) is 5.92 Å². The van der Waals surface area contributed by atoms with Crippen LogP contribution in [0.4, 0.5) is 0 Å². The average Bonchev–Trinajstić information content (AvgIpc) is 2.03. The molecule has 1 aliphatic rings. The van der Waals surface area contributed by atoms with Crippen molar-refractivity contribution >= 4 is 7.14 Å². The van der Waals surface area contributed by atoms with E-state index in [1.54, 1.807) is 13.3 Å². The summed E-state index contributed by atoms with van der Waals surface area (Å²) in [5.41, 5.74) is 0. The van der Waals surface area contributed by atoms with Crippen molar-refractivity contribution in [2.75, 3.05) is 13.3 Å². The van der Waals surface area contributed by atoms with Gasteiger partial charge in [-0.1, -0.05) is 19.3 Å². The summed E-state index contributed by atoms with van der Waals surface area (Å²) in [5.74, 6) is -0.239. The van der Waals surface area contributed by atoms with Crippen LogP contribution in [-0.4, -0.2) is 24.3 Å². The fourth-order valence-electron chi connectivity index (χ4n) is 1.94. The Morgan fingerprint density at radius 1 is 1.25 bits per heavy atom. The molecule has 72 valence electrons. The fraction of sp³-hybridized carbons (Fsp3) is 1.00. The second-order valence-corrected chi connectivity index (χ2v) is 7.64. The minimum atomic E-state index is -2.27. The van der Waals surface area contributed by atoms with Crippen LogP contribution in [0.15, 0.2) is 0 Å². The van der Waals surface area contributed by atoms with Gasteiger partial charge < -0.3 is 9.67 Å². The summed E-state index contributed by atoms with van der Waals surface area (Å²) in [4.78, 5) is 0. The van der Waals surface area contributed by atoms with Crippen molar-refractivity contribution in [2.45, 2.75) is 37.9 Å². The van der Waals surface area contributed by atoms with Crippen LogP contribution < -0.4 is 0 Å². The Kier molecular flexibility index (Phi) is 3.37. The highest BCUT2D eigenvalue weighted by molar-refractivity contribution is 7.62. The normalized spacial score (nSPS) is 23.9. The maximum atomic E-state index is 11.6. The largest absolute Gasteiger partial charge is 0.385 e. The highest BCUT2D eigenvalue weighted by Gasteiger charge is 2.30. The smallest absolute Gasteiger partial charge is 0.109 e. The lowest BCUT2D eigenvalue weighted by atomic mass is 9.90. The van der Waals surface area contributed by atoms with Crippen LogP contribution in [0.2, 0.25) is 0 Å². The van der Waals surface area contributed by atoms with Crippen LogP contribution in [0, 0.1) is 5.92 Å². The van der Waals surface area contributed by atoms with Crippen LogP contribution in [0.3, 0.4) is 0 Å². The molecule has 1 rings (SSSR count). The first-order chi connectivity index (χ1) is 5.52. The SMILES string of the molecule is CP(C)(=O)C(O)C1CCCCC1. The van der Waals surface area contributed by atoms with Gasteiger partial charge in [0.05, 0.1) is 0 Å². The molecule has 1 N–H and O–H groups in total. The summed E-state index contributed by atoms with van der Waals surface area (Å²) >= 11 is 0. The number of aliphatic hydroxyl groups is 1. The summed E-state index contributed by atoms with van der Waals surface area (Å²) in [6.45, 7) is 3.37. The van der Waals surface area contributed by atoms with E-state index in [1.807, 2.05) is 0 Å². The molecule has 1 saturated carbocycles. The van der Waals surface area contributed by atoms with Gasteiger partial charge in [0.2, 0.25) is 0 Å². The summed E-state index contributed by atoms with van der Waals surface area (Å²) in [6.07, 6.45) is 5.80. The van der Waals surface area contributed by atoms with Gasteiger partial charge in [0.25, 0.3) is 0 Å². The van der Waals surface area contributed by atoms with Crippen LogP contribution in [-0.2, 0) is 4.57 Å². The molecule has 0 aromatic carbocycles. The zero-order chi connectivity index (χ0) is 9.19. The van der Waals surface area contributed by atoms with Gasteiger partial charge in [0.1, 0.15) is 13.0 Å². The molecule has 0 aliphatic heterocycles. The zero-order valence-electron chi connectivity index (χ0n) is 7.99. The molecular weight excluding hydrogens is 171 g/mol. The molecule has 0 radical (unpaired) electrons. The Balaban J connectivity index is 2.51. The summed E-state index contributed by atoms with van der Waals surface area (Å²) in [7, 11) is -2.27. The van der Waals surface area contributed by atoms with Crippen LogP contribution in [0.5, 0.6) is 0 Å². The van der Waals surface area contributed by atoms with E-state index in [2.05, 4.69) is 0 Å². The molecular formula is C9H19O2P. The second-order valence-electron chi connectivity index (χ2n) is 4.25.